The molecule has 2 atom stereocenters. The summed E-state index contributed by atoms with van der Waals surface area (Å²) in [5.41, 5.74) is -0.163. The zero-order chi connectivity index (χ0) is 12.3. The van der Waals surface area contributed by atoms with Crippen molar-refractivity contribution in [2.24, 2.45) is 0 Å². The summed E-state index contributed by atoms with van der Waals surface area (Å²) in [6.07, 6.45) is 3.46. The number of nitro groups is 1. The van der Waals surface area contributed by atoms with Gasteiger partial charge in [-0.2, -0.15) is 0 Å². The highest BCUT2D eigenvalue weighted by atomic mass is 32.2. The van der Waals surface area contributed by atoms with Gasteiger partial charge in [0.1, 0.15) is 0 Å². The van der Waals surface area contributed by atoms with Gasteiger partial charge in [-0.1, -0.05) is 0 Å². The van der Waals surface area contributed by atoms with Crippen molar-refractivity contribution in [3.8, 4) is 0 Å². The Bertz CT molecular complexity index is 446. The summed E-state index contributed by atoms with van der Waals surface area (Å²) in [6, 6.07) is 2.99. The highest BCUT2D eigenvalue weighted by Gasteiger charge is 2.24. The molecule has 1 aliphatic heterocycles. The maximum atomic E-state index is 12.0. The lowest BCUT2D eigenvalue weighted by molar-refractivity contribution is -0.388. The summed E-state index contributed by atoms with van der Waals surface area (Å²) in [5, 5.41) is 14.1. The highest BCUT2D eigenvalue weighted by Crippen LogP contribution is 2.20. The van der Waals surface area contributed by atoms with Crippen LogP contribution < -0.4 is 5.32 Å². The first-order valence-corrected chi connectivity index (χ1v) is 6.71. The lowest BCUT2D eigenvalue weighted by Gasteiger charge is -2.08. The number of nitrogens with zero attached hydrogens (tertiary/aromatic N) is 2. The average Bonchev–Trinajstić information content (AvgIpc) is 2.81. The molecule has 92 valence electrons. The second-order valence-corrected chi connectivity index (χ2v) is 5.30. The van der Waals surface area contributed by atoms with Crippen LogP contribution in [0.15, 0.2) is 23.4 Å². The van der Waals surface area contributed by atoms with E-state index in [2.05, 4.69) is 10.3 Å². The molecule has 2 heterocycles. The maximum absolute atomic E-state index is 12.0. The van der Waals surface area contributed by atoms with Crippen LogP contribution >= 0.6 is 0 Å². The summed E-state index contributed by atoms with van der Waals surface area (Å²) in [6.45, 7) is 0.923. The number of rotatable bonds is 4. The van der Waals surface area contributed by atoms with Crippen LogP contribution in [0.3, 0.4) is 0 Å². The number of hydrogen-bond acceptors (Lipinski definition) is 5. The summed E-state index contributed by atoms with van der Waals surface area (Å²) in [4.78, 5) is 14.1. The molecule has 0 aromatic carbocycles. The van der Waals surface area contributed by atoms with Crippen LogP contribution in [0.2, 0.25) is 0 Å². The van der Waals surface area contributed by atoms with Crippen molar-refractivity contribution in [3.63, 3.8) is 0 Å². The molecule has 0 aliphatic carbocycles. The normalized spacial score (nSPS) is 21.3. The van der Waals surface area contributed by atoms with E-state index in [0.717, 1.165) is 19.4 Å². The first-order chi connectivity index (χ1) is 8.18. The Morgan fingerprint density at radius 1 is 1.65 bits per heavy atom. The zero-order valence-corrected chi connectivity index (χ0v) is 9.98. The van der Waals surface area contributed by atoms with E-state index in [1.165, 1.54) is 18.3 Å². The Morgan fingerprint density at radius 3 is 3.12 bits per heavy atom. The minimum absolute atomic E-state index is 0.0752. The summed E-state index contributed by atoms with van der Waals surface area (Å²) >= 11 is 0. The van der Waals surface area contributed by atoms with E-state index in [0.29, 0.717) is 5.75 Å². The van der Waals surface area contributed by atoms with Gasteiger partial charge in [-0.3, -0.25) is 14.3 Å². The average molecular weight is 255 g/mol. The zero-order valence-electron chi connectivity index (χ0n) is 9.17. The number of aromatic nitrogens is 1. The van der Waals surface area contributed by atoms with E-state index >= 15 is 0 Å². The van der Waals surface area contributed by atoms with E-state index < -0.39 is 15.7 Å². The van der Waals surface area contributed by atoms with E-state index in [1.807, 2.05) is 0 Å². The van der Waals surface area contributed by atoms with Gasteiger partial charge in [-0.25, -0.2) is 4.98 Å². The van der Waals surface area contributed by atoms with Crippen molar-refractivity contribution in [1.29, 1.82) is 0 Å². The van der Waals surface area contributed by atoms with E-state index in [1.54, 1.807) is 0 Å². The van der Waals surface area contributed by atoms with Gasteiger partial charge >= 0.3 is 5.69 Å². The second-order valence-electron chi connectivity index (χ2n) is 3.89. The SMILES string of the molecule is O=[N+]([O-])c1cccnc1[S@](=O)C[C@@H]1CCCN1. The molecule has 1 N–H and O–H groups in total. The Kier molecular flexibility index (Phi) is 3.80. The first-order valence-electron chi connectivity index (χ1n) is 5.39. The van der Waals surface area contributed by atoms with Crippen molar-refractivity contribution in [2.45, 2.75) is 23.9 Å². The van der Waals surface area contributed by atoms with Crippen molar-refractivity contribution in [3.05, 3.63) is 28.4 Å². The Hall–Kier alpha value is -1.34. The predicted molar refractivity (Wildman–Crippen MR) is 63.2 cm³/mol. The molecular weight excluding hydrogens is 242 g/mol. The van der Waals surface area contributed by atoms with Crippen LogP contribution in [0.25, 0.3) is 0 Å². The van der Waals surface area contributed by atoms with Gasteiger partial charge < -0.3 is 5.32 Å². The molecule has 2 rings (SSSR count). The first kappa shape index (κ1) is 12.1. The third-order valence-corrected chi connectivity index (χ3v) is 4.13. The van der Waals surface area contributed by atoms with Gasteiger partial charge in [0.05, 0.1) is 15.7 Å². The fourth-order valence-electron chi connectivity index (χ4n) is 1.86. The van der Waals surface area contributed by atoms with Crippen LogP contribution in [-0.2, 0) is 10.8 Å². The Balaban J connectivity index is 2.15. The van der Waals surface area contributed by atoms with Crippen molar-refractivity contribution in [2.75, 3.05) is 12.3 Å². The molecule has 0 unspecified atom stereocenters. The molecule has 1 saturated heterocycles. The van der Waals surface area contributed by atoms with Gasteiger partial charge in [0.15, 0.2) is 0 Å². The minimum Gasteiger partial charge on any atom is -0.313 e. The number of hydrogen-bond donors (Lipinski definition) is 1. The third-order valence-electron chi connectivity index (χ3n) is 2.68. The summed E-state index contributed by atoms with van der Waals surface area (Å²) < 4.78 is 12.0. The largest absolute Gasteiger partial charge is 0.313 e. The van der Waals surface area contributed by atoms with Crippen LogP contribution in [0.5, 0.6) is 0 Å². The smallest absolute Gasteiger partial charge is 0.303 e. The molecule has 1 aromatic rings. The number of pyridine rings is 1. The van der Waals surface area contributed by atoms with Crippen molar-refractivity contribution < 1.29 is 9.13 Å². The minimum atomic E-state index is -1.42. The molecule has 17 heavy (non-hydrogen) atoms. The van der Waals surface area contributed by atoms with E-state index in [4.69, 9.17) is 0 Å². The summed E-state index contributed by atoms with van der Waals surface area (Å²) in [7, 11) is -1.42. The topological polar surface area (TPSA) is 85.1 Å². The maximum Gasteiger partial charge on any atom is 0.303 e. The molecule has 0 spiro atoms. The lowest BCUT2D eigenvalue weighted by Crippen LogP contribution is -2.28. The predicted octanol–water partition coefficient (Wildman–Crippen LogP) is 0.849. The molecule has 0 radical (unpaired) electrons. The van der Waals surface area contributed by atoms with Gasteiger partial charge in [-0.05, 0) is 25.5 Å². The molecule has 1 aliphatic rings. The molecule has 0 amide bonds. The lowest BCUT2D eigenvalue weighted by atomic mass is 10.3. The third kappa shape index (κ3) is 2.86. The molecule has 1 fully saturated rings. The monoisotopic (exact) mass is 255 g/mol. The fraction of sp³-hybridized carbons (Fsp3) is 0.500. The Labute approximate surface area is 101 Å². The Morgan fingerprint density at radius 2 is 2.47 bits per heavy atom. The second kappa shape index (κ2) is 5.33. The fourth-order valence-corrected chi connectivity index (χ4v) is 3.22. The van der Waals surface area contributed by atoms with Crippen LogP contribution in [0.1, 0.15) is 12.8 Å². The van der Waals surface area contributed by atoms with Crippen LogP contribution in [0.4, 0.5) is 5.69 Å². The van der Waals surface area contributed by atoms with Crippen LogP contribution in [-0.4, -0.2) is 32.5 Å². The standard InChI is InChI=1S/C10H13N3O3S/c14-13(15)9-4-2-6-12-10(9)17(16)7-8-3-1-5-11-8/h2,4,6,8,11H,1,3,5,7H2/t8-,17+/m0/s1. The van der Waals surface area contributed by atoms with Gasteiger partial charge in [-0.15, -0.1) is 0 Å². The van der Waals surface area contributed by atoms with Gasteiger partial charge in [0.25, 0.3) is 0 Å². The summed E-state index contributed by atoms with van der Waals surface area (Å²) in [5.74, 6) is 0.387. The quantitative estimate of drug-likeness (QED) is 0.636. The molecule has 6 nitrogen and oxygen atoms in total. The molecule has 1 aromatic heterocycles. The molecular formula is C10H13N3O3S. The van der Waals surface area contributed by atoms with Crippen molar-refractivity contribution in [1.82, 2.24) is 10.3 Å². The molecule has 0 bridgehead atoms. The molecule has 0 saturated carbocycles. The molecule has 7 heteroatoms. The van der Waals surface area contributed by atoms with E-state index in [9.17, 15) is 14.3 Å². The van der Waals surface area contributed by atoms with E-state index in [-0.39, 0.29) is 16.8 Å². The van der Waals surface area contributed by atoms with Gasteiger partial charge in [0.2, 0.25) is 5.03 Å². The van der Waals surface area contributed by atoms with Gasteiger partial charge in [0, 0.05) is 24.1 Å². The highest BCUT2D eigenvalue weighted by molar-refractivity contribution is 7.85. The van der Waals surface area contributed by atoms with Crippen LogP contribution in [0, 0.1) is 10.1 Å². The van der Waals surface area contributed by atoms with Crippen molar-refractivity contribution >= 4 is 16.5 Å². The number of nitrogens with one attached hydrogen (secondary N) is 1.